The number of hydrogen-bond donors (Lipinski definition) is 1. The minimum Gasteiger partial charge on any atom is -0.390 e. The third-order valence-electron chi connectivity index (χ3n) is 6.01. The van der Waals surface area contributed by atoms with Gasteiger partial charge in [-0.2, -0.15) is 0 Å². The molecule has 2 saturated heterocycles. The van der Waals surface area contributed by atoms with Gasteiger partial charge in [-0.25, -0.2) is 4.98 Å². The molecule has 148 valence electrons. The van der Waals surface area contributed by atoms with Crippen LogP contribution >= 0.6 is 0 Å². The van der Waals surface area contributed by atoms with Gasteiger partial charge in [-0.15, -0.1) is 0 Å². The molecule has 1 N–H and O–H groups in total. The van der Waals surface area contributed by atoms with Crippen molar-refractivity contribution in [3.63, 3.8) is 0 Å². The molecule has 1 aromatic heterocycles. The summed E-state index contributed by atoms with van der Waals surface area (Å²) in [7, 11) is 0. The molecule has 1 amide bonds. The molecule has 3 atom stereocenters. The molecule has 0 spiro atoms. The Kier molecular flexibility index (Phi) is 5.33. The Labute approximate surface area is 165 Å². The van der Waals surface area contributed by atoms with Gasteiger partial charge in [0.15, 0.2) is 0 Å². The van der Waals surface area contributed by atoms with Crippen LogP contribution in [0.5, 0.6) is 0 Å². The maximum atomic E-state index is 12.8. The fraction of sp³-hybridized carbons (Fsp3) is 0.455. The summed E-state index contributed by atoms with van der Waals surface area (Å²) in [6.07, 6.45) is 11.4. The number of amides is 1. The lowest BCUT2D eigenvalue weighted by Crippen LogP contribution is -2.53. The Morgan fingerprint density at radius 1 is 1.36 bits per heavy atom. The summed E-state index contributed by atoms with van der Waals surface area (Å²) < 4.78 is 7.54. The molecule has 28 heavy (non-hydrogen) atoms. The first-order chi connectivity index (χ1) is 13.5. The number of aliphatic hydroxyl groups is 1. The van der Waals surface area contributed by atoms with E-state index in [-0.39, 0.29) is 17.9 Å². The molecule has 4 rings (SSSR count). The predicted molar refractivity (Wildman–Crippen MR) is 107 cm³/mol. The Morgan fingerprint density at radius 3 is 2.89 bits per heavy atom. The molecule has 2 fully saturated rings. The second kappa shape index (κ2) is 7.89. The average molecular weight is 381 g/mol. The molecule has 1 aromatic carbocycles. The number of imidazole rings is 1. The van der Waals surface area contributed by atoms with Crippen LogP contribution in [-0.4, -0.2) is 56.9 Å². The largest absolute Gasteiger partial charge is 0.390 e. The van der Waals surface area contributed by atoms with E-state index in [0.717, 1.165) is 30.6 Å². The molecule has 2 aliphatic rings. The van der Waals surface area contributed by atoms with Crippen molar-refractivity contribution in [2.75, 3.05) is 19.8 Å². The molecule has 2 aromatic rings. The summed E-state index contributed by atoms with van der Waals surface area (Å²) in [5.74, 6) is -0.0295. The van der Waals surface area contributed by atoms with E-state index in [1.165, 1.54) is 0 Å². The summed E-state index contributed by atoms with van der Waals surface area (Å²) in [5, 5.41) is 10.8. The first-order valence-corrected chi connectivity index (χ1v) is 9.92. The number of ether oxygens (including phenoxy) is 1. The molecule has 2 aliphatic heterocycles. The fourth-order valence-electron chi connectivity index (χ4n) is 4.30. The number of aromatic nitrogens is 2. The lowest BCUT2D eigenvalue weighted by molar-refractivity contribution is -0.141. The van der Waals surface area contributed by atoms with Gasteiger partial charge < -0.3 is 19.3 Å². The van der Waals surface area contributed by atoms with Crippen LogP contribution in [0.2, 0.25) is 0 Å². The molecule has 0 saturated carbocycles. The Morgan fingerprint density at radius 2 is 2.18 bits per heavy atom. The predicted octanol–water partition coefficient (Wildman–Crippen LogP) is 2.66. The summed E-state index contributed by atoms with van der Waals surface area (Å²) >= 11 is 0. The Bertz CT molecular complexity index is 827. The van der Waals surface area contributed by atoms with Crippen molar-refractivity contribution in [3.05, 3.63) is 54.6 Å². The van der Waals surface area contributed by atoms with Crippen LogP contribution in [0.3, 0.4) is 0 Å². The number of hydrogen-bond acceptors (Lipinski definition) is 4. The maximum Gasteiger partial charge on any atom is 0.246 e. The Balaban J connectivity index is 1.43. The van der Waals surface area contributed by atoms with E-state index < -0.39 is 5.60 Å². The van der Waals surface area contributed by atoms with Gasteiger partial charge in [-0.3, -0.25) is 4.79 Å². The zero-order valence-electron chi connectivity index (χ0n) is 16.2. The van der Waals surface area contributed by atoms with Gasteiger partial charge in [0.05, 0.1) is 18.5 Å². The fourth-order valence-corrected chi connectivity index (χ4v) is 4.30. The number of nitrogens with zero attached hydrogens (tertiary/aromatic N) is 3. The number of carbonyl (C=O) groups excluding carboxylic acids is 1. The van der Waals surface area contributed by atoms with E-state index in [1.54, 1.807) is 18.6 Å². The third kappa shape index (κ3) is 3.88. The molecule has 0 aliphatic carbocycles. The minimum absolute atomic E-state index is 0.00237. The molecule has 0 bridgehead atoms. The van der Waals surface area contributed by atoms with Gasteiger partial charge in [0.25, 0.3) is 0 Å². The van der Waals surface area contributed by atoms with Crippen LogP contribution in [0.1, 0.15) is 31.7 Å². The van der Waals surface area contributed by atoms with Crippen LogP contribution in [-0.2, 0) is 9.53 Å². The highest BCUT2D eigenvalue weighted by Gasteiger charge is 2.45. The zero-order chi connectivity index (χ0) is 19.6. The minimum atomic E-state index is -0.779. The summed E-state index contributed by atoms with van der Waals surface area (Å²) in [6.45, 7) is 3.71. The monoisotopic (exact) mass is 381 g/mol. The maximum absolute atomic E-state index is 12.8. The first-order valence-electron chi connectivity index (χ1n) is 9.92. The summed E-state index contributed by atoms with van der Waals surface area (Å²) in [4.78, 5) is 18.8. The molecule has 6 heteroatoms. The topological polar surface area (TPSA) is 67.6 Å². The first kappa shape index (κ1) is 18.9. The smallest absolute Gasteiger partial charge is 0.246 e. The third-order valence-corrected chi connectivity index (χ3v) is 6.01. The summed E-state index contributed by atoms with van der Waals surface area (Å²) in [5.41, 5.74) is 1.22. The number of rotatable bonds is 4. The van der Waals surface area contributed by atoms with E-state index in [4.69, 9.17) is 4.74 Å². The van der Waals surface area contributed by atoms with Crippen molar-refractivity contribution in [2.45, 2.75) is 37.8 Å². The van der Waals surface area contributed by atoms with Crippen molar-refractivity contribution < 1.29 is 14.6 Å². The van der Waals surface area contributed by atoms with Gasteiger partial charge in [0.1, 0.15) is 0 Å². The van der Waals surface area contributed by atoms with Crippen molar-refractivity contribution >= 4 is 12.0 Å². The zero-order valence-corrected chi connectivity index (χ0v) is 16.2. The normalized spacial score (nSPS) is 28.1. The summed E-state index contributed by atoms with van der Waals surface area (Å²) in [6, 6.07) is 8.01. The van der Waals surface area contributed by atoms with E-state index >= 15 is 0 Å². The quantitative estimate of drug-likeness (QED) is 0.827. The molecule has 3 heterocycles. The molecular formula is C22H27N3O3. The van der Waals surface area contributed by atoms with Crippen LogP contribution in [0.4, 0.5) is 0 Å². The van der Waals surface area contributed by atoms with Gasteiger partial charge in [-0.1, -0.05) is 12.1 Å². The second-order valence-corrected chi connectivity index (χ2v) is 7.92. The lowest BCUT2D eigenvalue weighted by atomic mass is 9.79. The number of benzene rings is 1. The lowest BCUT2D eigenvalue weighted by Gasteiger charge is -2.43. The standard InChI is InChI=1S/C22H27N3O3/c1-22(27)10-14-28-15-19(22)20-3-2-12-25(20)21(26)9-6-17-4-7-18(8-5-17)24-13-11-23-16-24/h4-9,11,13,16,19-20,27H,2-3,10,12,14-15H2,1H3/b9-6+. The molecule has 6 nitrogen and oxygen atoms in total. The van der Waals surface area contributed by atoms with Crippen molar-refractivity contribution in [3.8, 4) is 5.69 Å². The highest BCUT2D eigenvalue weighted by atomic mass is 16.5. The van der Waals surface area contributed by atoms with Gasteiger partial charge >= 0.3 is 0 Å². The van der Waals surface area contributed by atoms with Crippen LogP contribution < -0.4 is 0 Å². The van der Waals surface area contributed by atoms with Crippen LogP contribution in [0, 0.1) is 5.92 Å². The molecular weight excluding hydrogens is 354 g/mol. The second-order valence-electron chi connectivity index (χ2n) is 7.92. The van der Waals surface area contributed by atoms with Gasteiger partial charge in [-0.05, 0) is 50.0 Å². The van der Waals surface area contributed by atoms with Gasteiger partial charge in [0, 0.05) is 49.3 Å². The van der Waals surface area contributed by atoms with Crippen molar-refractivity contribution in [1.82, 2.24) is 14.5 Å². The number of likely N-dealkylation sites (tertiary alicyclic amines) is 1. The highest BCUT2D eigenvalue weighted by Crippen LogP contribution is 2.36. The van der Waals surface area contributed by atoms with E-state index in [1.807, 2.05) is 52.9 Å². The van der Waals surface area contributed by atoms with Gasteiger partial charge in [0.2, 0.25) is 5.91 Å². The van der Waals surface area contributed by atoms with Crippen molar-refractivity contribution in [2.24, 2.45) is 5.92 Å². The molecule has 0 radical (unpaired) electrons. The van der Waals surface area contributed by atoms with E-state index in [2.05, 4.69) is 4.98 Å². The van der Waals surface area contributed by atoms with E-state index in [0.29, 0.717) is 19.6 Å². The highest BCUT2D eigenvalue weighted by molar-refractivity contribution is 5.92. The van der Waals surface area contributed by atoms with Crippen molar-refractivity contribution in [1.29, 1.82) is 0 Å². The van der Waals surface area contributed by atoms with E-state index in [9.17, 15) is 9.90 Å². The SMILES string of the molecule is CC1(O)CCOCC1C1CCCN1C(=O)/C=C/c1ccc(-n2ccnc2)cc1. The average Bonchev–Trinajstić information content (AvgIpc) is 3.38. The Hall–Kier alpha value is -2.44. The molecule has 3 unspecified atom stereocenters. The van der Waals surface area contributed by atoms with Crippen LogP contribution in [0.25, 0.3) is 11.8 Å². The van der Waals surface area contributed by atoms with Crippen LogP contribution in [0.15, 0.2) is 49.1 Å². The number of carbonyl (C=O) groups is 1.